The van der Waals surface area contributed by atoms with Crippen LogP contribution in [0.4, 0.5) is 5.82 Å². The van der Waals surface area contributed by atoms with Crippen molar-refractivity contribution in [3.05, 3.63) is 23.8 Å². The number of hydrogen-bond acceptors (Lipinski definition) is 2. The summed E-state index contributed by atoms with van der Waals surface area (Å²) in [5.41, 5.74) is 8.21. The molecule has 1 aromatic carbocycles. The van der Waals surface area contributed by atoms with Crippen LogP contribution in [-0.2, 0) is 0 Å². The van der Waals surface area contributed by atoms with Crippen molar-refractivity contribution in [2.45, 2.75) is 26.8 Å². The lowest BCUT2D eigenvalue weighted by Gasteiger charge is -2.06. The Morgan fingerprint density at radius 1 is 1.36 bits per heavy atom. The van der Waals surface area contributed by atoms with Crippen molar-refractivity contribution >= 4 is 16.7 Å². The minimum atomic E-state index is 0.307. The molecule has 0 amide bonds. The predicted octanol–water partition coefficient (Wildman–Crippen LogP) is 2.51. The molecule has 0 fully saturated rings. The van der Waals surface area contributed by atoms with E-state index in [-0.39, 0.29) is 0 Å². The normalized spacial score (nSPS) is 11.4. The third-order valence-electron chi connectivity index (χ3n) is 2.46. The Kier molecular flexibility index (Phi) is 1.95. The van der Waals surface area contributed by atoms with E-state index in [0.29, 0.717) is 6.04 Å². The molecule has 14 heavy (non-hydrogen) atoms. The standard InChI is InChI=1S/C11H15N3/c1-7(2)14-11(12)10-8(3)5-4-6-9(10)13-14/h4-7H,12H2,1-3H3. The second-order valence-corrected chi connectivity index (χ2v) is 3.89. The monoisotopic (exact) mass is 189 g/mol. The zero-order chi connectivity index (χ0) is 10.3. The molecule has 0 saturated heterocycles. The molecule has 0 bridgehead atoms. The minimum Gasteiger partial charge on any atom is -0.383 e. The van der Waals surface area contributed by atoms with Crippen LogP contribution in [0.2, 0.25) is 0 Å². The number of nitrogens with two attached hydrogens (primary N) is 1. The Balaban J connectivity index is 2.81. The van der Waals surface area contributed by atoms with Gasteiger partial charge in [-0.25, -0.2) is 4.68 Å². The first-order valence-corrected chi connectivity index (χ1v) is 4.84. The van der Waals surface area contributed by atoms with Crippen LogP contribution in [0.15, 0.2) is 18.2 Å². The topological polar surface area (TPSA) is 43.8 Å². The van der Waals surface area contributed by atoms with Crippen LogP contribution >= 0.6 is 0 Å². The van der Waals surface area contributed by atoms with Gasteiger partial charge in [-0.15, -0.1) is 0 Å². The van der Waals surface area contributed by atoms with Crippen LogP contribution in [0.3, 0.4) is 0 Å². The molecule has 0 aliphatic heterocycles. The molecule has 1 heterocycles. The summed E-state index contributed by atoms with van der Waals surface area (Å²) in [5, 5.41) is 5.55. The van der Waals surface area contributed by atoms with Crippen molar-refractivity contribution in [2.24, 2.45) is 0 Å². The summed E-state index contributed by atoms with van der Waals surface area (Å²) in [5.74, 6) is 0.771. The summed E-state index contributed by atoms with van der Waals surface area (Å²) in [6.07, 6.45) is 0. The average Bonchev–Trinajstić information content (AvgIpc) is 2.45. The van der Waals surface area contributed by atoms with Crippen LogP contribution in [0, 0.1) is 6.92 Å². The Morgan fingerprint density at radius 2 is 2.07 bits per heavy atom. The molecule has 3 heteroatoms. The molecular formula is C11H15N3. The number of nitrogens with zero attached hydrogens (tertiary/aromatic N) is 2. The van der Waals surface area contributed by atoms with E-state index in [1.54, 1.807) is 0 Å². The molecule has 0 unspecified atom stereocenters. The largest absolute Gasteiger partial charge is 0.383 e. The molecule has 2 aromatic rings. The van der Waals surface area contributed by atoms with Gasteiger partial charge in [0.05, 0.1) is 5.52 Å². The van der Waals surface area contributed by atoms with Gasteiger partial charge in [0.25, 0.3) is 0 Å². The number of nitrogen functional groups attached to an aromatic ring is 1. The SMILES string of the molecule is Cc1cccc2nn(C(C)C)c(N)c12. The highest BCUT2D eigenvalue weighted by molar-refractivity contribution is 5.91. The van der Waals surface area contributed by atoms with Gasteiger partial charge in [0.2, 0.25) is 0 Å². The molecule has 0 atom stereocenters. The van der Waals surface area contributed by atoms with Gasteiger partial charge in [-0.05, 0) is 32.4 Å². The lowest BCUT2D eigenvalue weighted by molar-refractivity contribution is 0.545. The van der Waals surface area contributed by atoms with Crippen LogP contribution in [0.1, 0.15) is 25.5 Å². The van der Waals surface area contributed by atoms with E-state index in [1.165, 1.54) is 5.56 Å². The summed E-state index contributed by atoms with van der Waals surface area (Å²) in [7, 11) is 0. The van der Waals surface area contributed by atoms with Crippen molar-refractivity contribution in [1.29, 1.82) is 0 Å². The van der Waals surface area contributed by atoms with Gasteiger partial charge in [0.15, 0.2) is 0 Å². The van der Waals surface area contributed by atoms with Crippen LogP contribution < -0.4 is 5.73 Å². The summed E-state index contributed by atoms with van der Waals surface area (Å²) in [6.45, 7) is 6.22. The molecule has 0 aliphatic carbocycles. The number of hydrogen-bond donors (Lipinski definition) is 1. The maximum atomic E-state index is 6.04. The van der Waals surface area contributed by atoms with E-state index >= 15 is 0 Å². The molecule has 0 aliphatic rings. The summed E-state index contributed by atoms with van der Waals surface area (Å²) >= 11 is 0. The molecule has 1 aromatic heterocycles. The molecule has 0 radical (unpaired) electrons. The second kappa shape index (κ2) is 3.01. The number of benzene rings is 1. The van der Waals surface area contributed by atoms with Gasteiger partial charge in [-0.2, -0.15) is 5.10 Å². The van der Waals surface area contributed by atoms with Crippen molar-refractivity contribution in [1.82, 2.24) is 9.78 Å². The number of aryl methyl sites for hydroxylation is 1. The zero-order valence-electron chi connectivity index (χ0n) is 8.78. The van der Waals surface area contributed by atoms with Crippen LogP contribution in [0.5, 0.6) is 0 Å². The van der Waals surface area contributed by atoms with E-state index in [4.69, 9.17) is 5.73 Å². The third-order valence-corrected chi connectivity index (χ3v) is 2.46. The van der Waals surface area contributed by atoms with Gasteiger partial charge in [0, 0.05) is 11.4 Å². The Labute approximate surface area is 83.5 Å². The lowest BCUT2D eigenvalue weighted by atomic mass is 10.1. The molecule has 0 spiro atoms. The highest BCUT2D eigenvalue weighted by Crippen LogP contribution is 2.26. The molecular weight excluding hydrogens is 174 g/mol. The summed E-state index contributed by atoms with van der Waals surface area (Å²) < 4.78 is 1.87. The van der Waals surface area contributed by atoms with Crippen LogP contribution in [0.25, 0.3) is 10.9 Å². The first-order chi connectivity index (χ1) is 6.61. The Hall–Kier alpha value is -1.51. The van der Waals surface area contributed by atoms with Gasteiger partial charge < -0.3 is 5.73 Å². The quantitative estimate of drug-likeness (QED) is 0.749. The summed E-state index contributed by atoms with van der Waals surface area (Å²) in [4.78, 5) is 0. The molecule has 2 N–H and O–H groups in total. The Bertz CT molecular complexity index is 469. The highest BCUT2D eigenvalue weighted by atomic mass is 15.3. The molecule has 0 saturated carbocycles. The minimum absolute atomic E-state index is 0.307. The van der Waals surface area contributed by atoms with Gasteiger partial charge in [-0.3, -0.25) is 0 Å². The van der Waals surface area contributed by atoms with E-state index < -0.39 is 0 Å². The van der Waals surface area contributed by atoms with Gasteiger partial charge in [-0.1, -0.05) is 12.1 Å². The smallest absolute Gasteiger partial charge is 0.130 e. The summed E-state index contributed by atoms with van der Waals surface area (Å²) in [6, 6.07) is 6.37. The molecule has 3 nitrogen and oxygen atoms in total. The zero-order valence-corrected chi connectivity index (χ0v) is 8.78. The van der Waals surface area contributed by atoms with E-state index in [1.807, 2.05) is 16.8 Å². The van der Waals surface area contributed by atoms with E-state index in [9.17, 15) is 0 Å². The number of anilines is 1. The van der Waals surface area contributed by atoms with E-state index in [0.717, 1.165) is 16.7 Å². The average molecular weight is 189 g/mol. The first kappa shape index (κ1) is 9.06. The fourth-order valence-electron chi connectivity index (χ4n) is 1.75. The van der Waals surface area contributed by atoms with Crippen molar-refractivity contribution in [2.75, 3.05) is 5.73 Å². The fraction of sp³-hybridized carbons (Fsp3) is 0.364. The van der Waals surface area contributed by atoms with Crippen molar-refractivity contribution in [3.63, 3.8) is 0 Å². The Morgan fingerprint density at radius 3 is 2.64 bits per heavy atom. The van der Waals surface area contributed by atoms with Gasteiger partial charge in [0.1, 0.15) is 5.82 Å². The van der Waals surface area contributed by atoms with Crippen molar-refractivity contribution < 1.29 is 0 Å². The van der Waals surface area contributed by atoms with Crippen LogP contribution in [-0.4, -0.2) is 9.78 Å². The predicted molar refractivity (Wildman–Crippen MR) is 59.3 cm³/mol. The number of aromatic nitrogens is 2. The maximum absolute atomic E-state index is 6.04. The maximum Gasteiger partial charge on any atom is 0.130 e. The van der Waals surface area contributed by atoms with Crippen molar-refractivity contribution in [3.8, 4) is 0 Å². The fourth-order valence-corrected chi connectivity index (χ4v) is 1.75. The first-order valence-electron chi connectivity index (χ1n) is 4.84. The van der Waals surface area contributed by atoms with Gasteiger partial charge >= 0.3 is 0 Å². The molecule has 74 valence electrons. The number of fused-ring (bicyclic) bond motifs is 1. The lowest BCUT2D eigenvalue weighted by Crippen LogP contribution is -2.06. The molecule has 2 rings (SSSR count). The third kappa shape index (κ3) is 1.16. The highest BCUT2D eigenvalue weighted by Gasteiger charge is 2.11. The second-order valence-electron chi connectivity index (χ2n) is 3.89. The van der Waals surface area contributed by atoms with E-state index in [2.05, 4.69) is 31.9 Å². The number of rotatable bonds is 1.